The third-order valence-corrected chi connectivity index (χ3v) is 1.43. The first-order valence-corrected chi connectivity index (χ1v) is 3.55. The van der Waals surface area contributed by atoms with Crippen LogP contribution in [0, 0.1) is 0 Å². The molecule has 1 rings (SSSR count). The van der Waals surface area contributed by atoms with Gasteiger partial charge in [-0.2, -0.15) is 5.10 Å². The van der Waals surface area contributed by atoms with E-state index < -0.39 is 0 Å². The Labute approximate surface area is 66.2 Å². The first-order valence-electron chi connectivity index (χ1n) is 3.55. The summed E-state index contributed by atoms with van der Waals surface area (Å²) in [5.74, 6) is 1.02. The molecule has 0 unspecified atom stereocenters. The molecule has 1 N–H and O–H groups in total. The van der Waals surface area contributed by atoms with Crippen molar-refractivity contribution < 1.29 is 4.74 Å². The number of methoxy groups -OCH3 is 1. The predicted octanol–water partition coefficient (Wildman–Crippen LogP) is 0.478. The number of aryl methyl sites for hydroxylation is 1. The molecule has 0 fully saturated rings. The monoisotopic (exact) mass is 155 g/mol. The third-order valence-electron chi connectivity index (χ3n) is 1.43. The molecule has 0 saturated heterocycles. The van der Waals surface area contributed by atoms with Gasteiger partial charge in [-0.3, -0.25) is 4.68 Å². The van der Waals surface area contributed by atoms with Gasteiger partial charge in [0, 0.05) is 26.8 Å². The van der Waals surface area contributed by atoms with Crippen molar-refractivity contribution in [3.8, 4) is 0 Å². The summed E-state index contributed by atoms with van der Waals surface area (Å²) in [7, 11) is 3.58. The molecular weight excluding hydrogens is 142 g/mol. The molecule has 0 aliphatic rings. The molecule has 1 aromatic heterocycles. The lowest BCUT2D eigenvalue weighted by atomic mass is 10.6. The van der Waals surface area contributed by atoms with Crippen LogP contribution in [0.3, 0.4) is 0 Å². The molecule has 11 heavy (non-hydrogen) atoms. The zero-order valence-electron chi connectivity index (χ0n) is 6.87. The van der Waals surface area contributed by atoms with E-state index in [9.17, 15) is 0 Å². The number of anilines is 1. The van der Waals surface area contributed by atoms with Crippen LogP contribution in [0.15, 0.2) is 12.3 Å². The van der Waals surface area contributed by atoms with E-state index in [0.29, 0.717) is 6.61 Å². The Morgan fingerprint density at radius 1 is 1.73 bits per heavy atom. The minimum atomic E-state index is 0.713. The Morgan fingerprint density at radius 2 is 2.55 bits per heavy atom. The average Bonchev–Trinajstić information content (AvgIpc) is 2.37. The smallest absolute Gasteiger partial charge is 0.123 e. The van der Waals surface area contributed by atoms with E-state index in [0.717, 1.165) is 12.4 Å². The van der Waals surface area contributed by atoms with Crippen molar-refractivity contribution in [2.75, 3.05) is 25.6 Å². The van der Waals surface area contributed by atoms with Crippen LogP contribution in [-0.4, -0.2) is 30.0 Å². The standard InChI is InChI=1S/C7H13N3O/c1-10-7(3-4-9-10)8-5-6-11-2/h3-4,8H,5-6H2,1-2H3. The summed E-state index contributed by atoms with van der Waals surface area (Å²) in [6, 6.07) is 1.93. The summed E-state index contributed by atoms with van der Waals surface area (Å²) in [4.78, 5) is 0. The first-order chi connectivity index (χ1) is 5.34. The van der Waals surface area contributed by atoms with Crippen LogP contribution in [0.5, 0.6) is 0 Å². The van der Waals surface area contributed by atoms with Gasteiger partial charge in [0.25, 0.3) is 0 Å². The van der Waals surface area contributed by atoms with E-state index in [2.05, 4.69) is 10.4 Å². The van der Waals surface area contributed by atoms with Gasteiger partial charge in [-0.15, -0.1) is 0 Å². The molecule has 0 aliphatic carbocycles. The summed E-state index contributed by atoms with van der Waals surface area (Å²) in [6.45, 7) is 1.53. The van der Waals surface area contributed by atoms with Gasteiger partial charge in [-0.1, -0.05) is 0 Å². The number of aromatic nitrogens is 2. The highest BCUT2D eigenvalue weighted by atomic mass is 16.5. The van der Waals surface area contributed by atoms with E-state index in [4.69, 9.17) is 4.74 Å². The summed E-state index contributed by atoms with van der Waals surface area (Å²) >= 11 is 0. The van der Waals surface area contributed by atoms with Gasteiger partial charge in [0.1, 0.15) is 5.82 Å². The average molecular weight is 155 g/mol. The van der Waals surface area contributed by atoms with E-state index >= 15 is 0 Å². The fraction of sp³-hybridized carbons (Fsp3) is 0.571. The Hall–Kier alpha value is -1.03. The second-order valence-corrected chi connectivity index (χ2v) is 2.26. The fourth-order valence-electron chi connectivity index (χ4n) is 0.829. The molecule has 0 aliphatic heterocycles. The van der Waals surface area contributed by atoms with Crippen LogP contribution in [-0.2, 0) is 11.8 Å². The number of hydrogen-bond donors (Lipinski definition) is 1. The quantitative estimate of drug-likeness (QED) is 0.643. The van der Waals surface area contributed by atoms with Crippen molar-refractivity contribution >= 4 is 5.82 Å². The highest BCUT2D eigenvalue weighted by Crippen LogP contribution is 2.01. The Bertz CT molecular complexity index is 209. The van der Waals surface area contributed by atoms with Gasteiger partial charge in [0.15, 0.2) is 0 Å². The lowest BCUT2D eigenvalue weighted by Gasteiger charge is -2.04. The number of nitrogens with one attached hydrogen (secondary N) is 1. The van der Waals surface area contributed by atoms with Crippen LogP contribution in [0.4, 0.5) is 5.82 Å². The maximum absolute atomic E-state index is 4.89. The summed E-state index contributed by atoms with van der Waals surface area (Å²) in [5.41, 5.74) is 0. The van der Waals surface area contributed by atoms with E-state index in [-0.39, 0.29) is 0 Å². The second-order valence-electron chi connectivity index (χ2n) is 2.26. The van der Waals surface area contributed by atoms with Crippen molar-refractivity contribution in [2.45, 2.75) is 0 Å². The Morgan fingerprint density at radius 3 is 3.09 bits per heavy atom. The molecular formula is C7H13N3O. The second kappa shape index (κ2) is 3.98. The predicted molar refractivity (Wildman–Crippen MR) is 43.6 cm³/mol. The lowest BCUT2D eigenvalue weighted by Crippen LogP contribution is -2.10. The maximum atomic E-state index is 4.89. The topological polar surface area (TPSA) is 39.1 Å². The molecule has 0 bridgehead atoms. The van der Waals surface area contributed by atoms with Crippen molar-refractivity contribution in [3.05, 3.63) is 12.3 Å². The third kappa shape index (κ3) is 2.23. The van der Waals surface area contributed by atoms with Gasteiger partial charge in [0.05, 0.1) is 12.8 Å². The molecule has 0 radical (unpaired) electrons. The Balaban J connectivity index is 2.32. The van der Waals surface area contributed by atoms with Crippen molar-refractivity contribution in [1.29, 1.82) is 0 Å². The zero-order valence-corrected chi connectivity index (χ0v) is 6.87. The van der Waals surface area contributed by atoms with Crippen LogP contribution in [0.25, 0.3) is 0 Å². The molecule has 62 valence electrons. The van der Waals surface area contributed by atoms with Gasteiger partial charge in [0.2, 0.25) is 0 Å². The highest BCUT2D eigenvalue weighted by Gasteiger charge is 1.94. The number of nitrogens with zero attached hydrogens (tertiary/aromatic N) is 2. The fourth-order valence-corrected chi connectivity index (χ4v) is 0.829. The van der Waals surface area contributed by atoms with Gasteiger partial charge < -0.3 is 10.1 Å². The molecule has 0 saturated carbocycles. The zero-order chi connectivity index (χ0) is 8.10. The summed E-state index contributed by atoms with van der Waals surface area (Å²) in [6.07, 6.45) is 1.76. The minimum absolute atomic E-state index is 0.713. The highest BCUT2D eigenvalue weighted by molar-refractivity contribution is 5.33. The van der Waals surface area contributed by atoms with Crippen molar-refractivity contribution in [1.82, 2.24) is 9.78 Å². The largest absolute Gasteiger partial charge is 0.383 e. The molecule has 4 heteroatoms. The molecule has 0 aromatic carbocycles. The molecule has 1 heterocycles. The van der Waals surface area contributed by atoms with E-state index in [1.807, 2.05) is 13.1 Å². The lowest BCUT2D eigenvalue weighted by molar-refractivity contribution is 0.210. The maximum Gasteiger partial charge on any atom is 0.123 e. The first kappa shape index (κ1) is 8.07. The van der Waals surface area contributed by atoms with Gasteiger partial charge in [-0.25, -0.2) is 0 Å². The van der Waals surface area contributed by atoms with Crippen LogP contribution < -0.4 is 5.32 Å². The number of ether oxygens (including phenoxy) is 1. The SMILES string of the molecule is COCCNc1ccnn1C. The number of rotatable bonds is 4. The minimum Gasteiger partial charge on any atom is -0.383 e. The molecule has 4 nitrogen and oxygen atoms in total. The summed E-state index contributed by atoms with van der Waals surface area (Å²) in [5, 5.41) is 7.18. The van der Waals surface area contributed by atoms with Gasteiger partial charge >= 0.3 is 0 Å². The van der Waals surface area contributed by atoms with E-state index in [1.165, 1.54) is 0 Å². The molecule has 0 amide bonds. The van der Waals surface area contributed by atoms with Gasteiger partial charge in [-0.05, 0) is 0 Å². The molecule has 1 aromatic rings. The molecule has 0 spiro atoms. The molecule has 0 atom stereocenters. The van der Waals surface area contributed by atoms with Crippen LogP contribution in [0.1, 0.15) is 0 Å². The summed E-state index contributed by atoms with van der Waals surface area (Å²) < 4.78 is 6.68. The van der Waals surface area contributed by atoms with Crippen molar-refractivity contribution in [3.63, 3.8) is 0 Å². The van der Waals surface area contributed by atoms with Crippen LogP contribution >= 0.6 is 0 Å². The van der Waals surface area contributed by atoms with Crippen molar-refractivity contribution in [2.24, 2.45) is 7.05 Å². The Kier molecular flexibility index (Phi) is 2.92. The van der Waals surface area contributed by atoms with Crippen LogP contribution in [0.2, 0.25) is 0 Å². The number of hydrogen-bond acceptors (Lipinski definition) is 3. The van der Waals surface area contributed by atoms with E-state index in [1.54, 1.807) is 18.0 Å². The normalized spacial score (nSPS) is 10.0.